The molecular weight excluding hydrogens is 509 g/mol. The predicted molar refractivity (Wildman–Crippen MR) is 140 cm³/mol. The molecule has 2 heterocycles. The molecule has 1 radical (unpaired) electrons. The van der Waals surface area contributed by atoms with Crippen molar-refractivity contribution < 1.29 is 28.1 Å². The van der Waals surface area contributed by atoms with E-state index in [0.717, 1.165) is 5.41 Å². The zero-order valence-corrected chi connectivity index (χ0v) is 23.1. The summed E-state index contributed by atoms with van der Waals surface area (Å²) < 4.78 is 45.0. The van der Waals surface area contributed by atoms with E-state index in [1.54, 1.807) is 54.6 Å². The van der Waals surface area contributed by atoms with Crippen molar-refractivity contribution in [3.8, 4) is 34.8 Å². The van der Waals surface area contributed by atoms with Crippen molar-refractivity contribution in [2.24, 2.45) is 0 Å². The van der Waals surface area contributed by atoms with Crippen LogP contribution < -0.4 is 18.9 Å². The number of benzene rings is 2. The molecule has 0 aliphatic rings. The van der Waals surface area contributed by atoms with Crippen LogP contribution >= 0.6 is 0 Å². The van der Waals surface area contributed by atoms with Crippen LogP contribution in [0.1, 0.15) is 5.56 Å². The number of nitrogens with one attached hydrogen (secondary N) is 1. The SMILES string of the molecule is COc1ccccc1Oc1c(NS(=O)(=O)C=Cc2ccccc2)nc(-c2ncccn2)nc1OC.O.[Na]. The van der Waals surface area contributed by atoms with Gasteiger partial charge in [0.25, 0.3) is 15.9 Å². The molecule has 2 aromatic carbocycles. The average molecular weight is 533 g/mol. The molecule has 0 bridgehead atoms. The number of methoxy groups -OCH3 is 2. The van der Waals surface area contributed by atoms with E-state index in [4.69, 9.17) is 14.2 Å². The van der Waals surface area contributed by atoms with Gasteiger partial charge in [-0.2, -0.15) is 4.98 Å². The summed E-state index contributed by atoms with van der Waals surface area (Å²) in [7, 11) is -1.15. The van der Waals surface area contributed by atoms with Gasteiger partial charge in [-0.05, 0) is 29.8 Å². The second-order valence-electron chi connectivity index (χ2n) is 6.92. The molecule has 0 aliphatic carbocycles. The van der Waals surface area contributed by atoms with Crippen LogP contribution in [0.3, 0.4) is 0 Å². The van der Waals surface area contributed by atoms with Gasteiger partial charge < -0.3 is 19.7 Å². The Labute approximate surface area is 236 Å². The largest absolute Gasteiger partial charge is 0.493 e. The maximum Gasteiger partial charge on any atom is 0.263 e. The molecule has 0 aliphatic heterocycles. The van der Waals surface area contributed by atoms with Gasteiger partial charge in [-0.15, -0.1) is 0 Å². The third-order valence-corrected chi connectivity index (χ3v) is 5.53. The zero-order valence-electron chi connectivity index (χ0n) is 20.3. The summed E-state index contributed by atoms with van der Waals surface area (Å²) in [6.07, 6.45) is 4.50. The molecule has 187 valence electrons. The molecule has 13 heteroatoms. The van der Waals surface area contributed by atoms with E-state index in [1.807, 2.05) is 6.07 Å². The Morgan fingerprint density at radius 1 is 0.811 bits per heavy atom. The number of ether oxygens (including phenoxy) is 3. The van der Waals surface area contributed by atoms with E-state index in [9.17, 15) is 8.42 Å². The molecule has 37 heavy (non-hydrogen) atoms. The third-order valence-electron chi connectivity index (χ3n) is 4.55. The first kappa shape index (κ1) is 29.7. The molecular formula is C24H23N5NaO6S. The molecule has 0 spiro atoms. The number of rotatable bonds is 9. The standard InChI is InChI=1S/C24H21N5O5S.Na.H2O/c1-32-18-11-6-7-12-19(18)34-20-21(29-35(30,31)16-13-17-9-4-3-5-10-17)27-23(28-24(20)33-2)22-25-14-8-15-26-22;;/h3-16H,1-2H3,(H,27,28,29);;1H2. The minimum absolute atomic E-state index is 0. The normalized spacial score (nSPS) is 10.6. The second kappa shape index (κ2) is 13.7. The van der Waals surface area contributed by atoms with Crippen molar-refractivity contribution in [3.05, 3.63) is 84.0 Å². The first-order valence-electron chi connectivity index (χ1n) is 10.3. The monoisotopic (exact) mass is 532 g/mol. The van der Waals surface area contributed by atoms with Gasteiger partial charge in [0.1, 0.15) is 0 Å². The van der Waals surface area contributed by atoms with Crippen LogP contribution in [0.2, 0.25) is 0 Å². The fourth-order valence-corrected chi connectivity index (χ4v) is 3.77. The summed E-state index contributed by atoms with van der Waals surface area (Å²) in [5, 5.41) is 1.03. The van der Waals surface area contributed by atoms with E-state index in [-0.39, 0.29) is 64.1 Å². The molecule has 3 N–H and O–H groups in total. The molecule has 2 aromatic heterocycles. The summed E-state index contributed by atoms with van der Waals surface area (Å²) >= 11 is 0. The molecule has 0 amide bonds. The van der Waals surface area contributed by atoms with Crippen molar-refractivity contribution >= 4 is 51.5 Å². The molecule has 0 saturated carbocycles. The van der Waals surface area contributed by atoms with Crippen molar-refractivity contribution in [1.29, 1.82) is 0 Å². The van der Waals surface area contributed by atoms with Crippen LogP contribution in [0.15, 0.2) is 78.5 Å². The van der Waals surface area contributed by atoms with Gasteiger partial charge in [0, 0.05) is 42.0 Å². The van der Waals surface area contributed by atoms with Crippen LogP contribution in [0, 0.1) is 0 Å². The van der Waals surface area contributed by atoms with Gasteiger partial charge in [0.05, 0.1) is 19.6 Å². The van der Waals surface area contributed by atoms with Crippen LogP contribution in [-0.4, -0.2) is 77.6 Å². The molecule has 0 unspecified atom stereocenters. The van der Waals surface area contributed by atoms with E-state index >= 15 is 0 Å². The van der Waals surface area contributed by atoms with E-state index < -0.39 is 10.0 Å². The fourth-order valence-electron chi connectivity index (χ4n) is 2.96. The third kappa shape index (κ3) is 7.71. The topological polar surface area (TPSA) is 157 Å². The van der Waals surface area contributed by atoms with Crippen LogP contribution in [0.4, 0.5) is 5.82 Å². The smallest absolute Gasteiger partial charge is 0.263 e. The number of hydrogen-bond acceptors (Lipinski definition) is 9. The average Bonchev–Trinajstić information content (AvgIpc) is 2.89. The van der Waals surface area contributed by atoms with E-state index in [0.29, 0.717) is 17.1 Å². The molecule has 0 saturated heterocycles. The second-order valence-corrected chi connectivity index (χ2v) is 8.49. The zero-order chi connectivity index (χ0) is 24.7. The Hall–Kier alpha value is -3.55. The Morgan fingerprint density at radius 3 is 2.11 bits per heavy atom. The summed E-state index contributed by atoms with van der Waals surface area (Å²) in [6.45, 7) is 0. The molecule has 0 atom stereocenters. The fraction of sp³-hybridized carbons (Fsp3) is 0.0833. The molecule has 0 fully saturated rings. The Bertz CT molecular complexity index is 1440. The van der Waals surface area contributed by atoms with Gasteiger partial charge in [0.15, 0.2) is 23.1 Å². The van der Waals surface area contributed by atoms with Crippen molar-refractivity contribution in [1.82, 2.24) is 19.9 Å². The molecule has 4 aromatic rings. The summed E-state index contributed by atoms with van der Waals surface area (Å²) in [6, 6.07) is 17.5. The van der Waals surface area contributed by atoms with Crippen molar-refractivity contribution in [3.63, 3.8) is 0 Å². The first-order chi connectivity index (χ1) is 17.0. The molecule has 4 rings (SSSR count). The number of sulfonamides is 1. The molecule has 11 nitrogen and oxygen atoms in total. The van der Waals surface area contributed by atoms with E-state index in [2.05, 4.69) is 24.7 Å². The number of para-hydroxylation sites is 2. The van der Waals surface area contributed by atoms with Crippen molar-refractivity contribution in [2.75, 3.05) is 18.9 Å². The first-order valence-corrected chi connectivity index (χ1v) is 11.8. The van der Waals surface area contributed by atoms with Gasteiger partial charge in [0.2, 0.25) is 11.6 Å². The van der Waals surface area contributed by atoms with Gasteiger partial charge in [-0.3, -0.25) is 4.72 Å². The number of anilines is 1. The summed E-state index contributed by atoms with van der Waals surface area (Å²) in [4.78, 5) is 16.9. The van der Waals surface area contributed by atoms with Crippen LogP contribution in [-0.2, 0) is 10.0 Å². The van der Waals surface area contributed by atoms with Crippen LogP contribution in [0.25, 0.3) is 17.7 Å². The predicted octanol–water partition coefficient (Wildman–Crippen LogP) is 2.95. The minimum Gasteiger partial charge on any atom is -0.493 e. The Morgan fingerprint density at radius 2 is 1.46 bits per heavy atom. The van der Waals surface area contributed by atoms with Crippen molar-refractivity contribution in [2.45, 2.75) is 0 Å². The van der Waals surface area contributed by atoms with Crippen LogP contribution in [0.5, 0.6) is 23.1 Å². The number of nitrogens with zero attached hydrogens (tertiary/aromatic N) is 4. The maximum atomic E-state index is 12.9. The number of hydrogen-bond donors (Lipinski definition) is 1. The Balaban J connectivity index is 0.00000241. The van der Waals surface area contributed by atoms with Gasteiger partial charge in [-0.1, -0.05) is 42.5 Å². The van der Waals surface area contributed by atoms with Gasteiger partial charge in [-0.25, -0.2) is 23.4 Å². The van der Waals surface area contributed by atoms with Gasteiger partial charge >= 0.3 is 0 Å². The summed E-state index contributed by atoms with van der Waals surface area (Å²) in [5.74, 6) is 0.688. The quantitative estimate of drug-likeness (QED) is 0.320. The Kier molecular flexibility index (Phi) is 11.0. The minimum atomic E-state index is -4.02. The maximum absolute atomic E-state index is 12.9. The summed E-state index contributed by atoms with van der Waals surface area (Å²) in [5.41, 5.74) is 0.710. The number of aromatic nitrogens is 4. The van der Waals surface area contributed by atoms with E-state index in [1.165, 1.54) is 32.7 Å².